The molecule has 0 unspecified atom stereocenters. The van der Waals surface area contributed by atoms with Gasteiger partial charge in [0.2, 0.25) is 0 Å². The zero-order valence-electron chi connectivity index (χ0n) is 9.48. The average Bonchev–Trinajstić information content (AvgIpc) is 1.92. The summed E-state index contributed by atoms with van der Waals surface area (Å²) < 4.78 is 0. The molecule has 0 aromatic rings. The maximum absolute atomic E-state index is 8.93. The van der Waals surface area contributed by atoms with E-state index >= 15 is 0 Å². The topological polar surface area (TPSA) is 127 Å². The monoisotopic (exact) mass is 392 g/mol. The van der Waals surface area contributed by atoms with Crippen LogP contribution in [0.1, 0.15) is 27.7 Å². The Balaban J connectivity index is -0.0000000145. The predicted octanol–water partition coefficient (Wildman–Crippen LogP) is -2.37. The van der Waals surface area contributed by atoms with Crippen molar-refractivity contribution in [1.29, 1.82) is 0 Å². The minimum absolute atomic E-state index is 0. The number of rotatable bonds is 0. The SMILES string of the molecule is CC[O-].CC[O-].CC[O-].CC[O-].N.[Pt+4]. The van der Waals surface area contributed by atoms with Crippen LogP contribution in [0.2, 0.25) is 0 Å². The maximum atomic E-state index is 8.93. The largest absolute Gasteiger partial charge is 4.00 e. The fraction of sp³-hybridized carbons (Fsp3) is 1.00. The van der Waals surface area contributed by atoms with Crippen LogP contribution in [-0.4, -0.2) is 26.4 Å². The van der Waals surface area contributed by atoms with Crippen molar-refractivity contribution in [1.82, 2.24) is 6.15 Å². The van der Waals surface area contributed by atoms with Crippen molar-refractivity contribution in [3.05, 3.63) is 0 Å². The van der Waals surface area contributed by atoms with Gasteiger partial charge >= 0.3 is 21.1 Å². The molecule has 0 saturated carbocycles. The van der Waals surface area contributed by atoms with E-state index in [-0.39, 0.29) is 53.6 Å². The molecule has 3 N–H and O–H groups in total. The van der Waals surface area contributed by atoms with Crippen LogP contribution in [-0.2, 0) is 21.1 Å². The molecule has 0 spiro atoms. The van der Waals surface area contributed by atoms with Crippen LogP contribution >= 0.6 is 0 Å². The molecular formula is C8H23NO4Pt. The first kappa shape index (κ1) is 36.6. The molecule has 0 aliphatic carbocycles. The summed E-state index contributed by atoms with van der Waals surface area (Å²) in [5, 5.41) is 35.7. The van der Waals surface area contributed by atoms with E-state index in [9.17, 15) is 0 Å². The first-order chi connectivity index (χ1) is 5.66. The van der Waals surface area contributed by atoms with Gasteiger partial charge in [0.25, 0.3) is 0 Å². The molecule has 6 heteroatoms. The van der Waals surface area contributed by atoms with Gasteiger partial charge in [-0.2, -0.15) is 0 Å². The molecule has 0 atom stereocenters. The Bertz CT molecular complexity index is 29.3. The third-order valence-corrected chi connectivity index (χ3v) is 0. The molecule has 0 fully saturated rings. The van der Waals surface area contributed by atoms with Crippen LogP contribution in [0.25, 0.3) is 0 Å². The van der Waals surface area contributed by atoms with Gasteiger partial charge in [-0.05, 0) is 0 Å². The van der Waals surface area contributed by atoms with E-state index in [0.29, 0.717) is 0 Å². The van der Waals surface area contributed by atoms with E-state index in [1.165, 1.54) is 0 Å². The van der Waals surface area contributed by atoms with Gasteiger partial charge in [0.1, 0.15) is 0 Å². The summed E-state index contributed by atoms with van der Waals surface area (Å²) in [6, 6.07) is 0. The minimum atomic E-state index is 0. The summed E-state index contributed by atoms with van der Waals surface area (Å²) in [5.41, 5.74) is 0. The van der Waals surface area contributed by atoms with Gasteiger partial charge in [-0.3, -0.25) is 0 Å². The van der Waals surface area contributed by atoms with Crippen molar-refractivity contribution in [3.63, 3.8) is 0 Å². The normalized spacial score (nSPS) is 5.14. The van der Waals surface area contributed by atoms with Gasteiger partial charge in [-0.1, -0.05) is 27.7 Å². The van der Waals surface area contributed by atoms with Crippen molar-refractivity contribution in [3.8, 4) is 0 Å². The first-order valence-corrected chi connectivity index (χ1v) is 3.98. The number of hydrogen-bond acceptors (Lipinski definition) is 5. The van der Waals surface area contributed by atoms with E-state index in [0.717, 1.165) is 0 Å². The molecule has 94 valence electrons. The molecule has 0 aromatic carbocycles. The molecule has 5 nitrogen and oxygen atoms in total. The standard InChI is InChI=1S/4C2H5O.H3N.Pt/c4*1-2-3;;/h4*2H2,1H3;1H3;/q4*-1;;+4. The van der Waals surface area contributed by atoms with Crippen LogP contribution in [0.5, 0.6) is 0 Å². The first-order valence-electron chi connectivity index (χ1n) is 3.98. The molecule has 14 heavy (non-hydrogen) atoms. The molecule has 0 amide bonds. The molecule has 0 aromatic heterocycles. The maximum Gasteiger partial charge on any atom is 4.00 e. The summed E-state index contributed by atoms with van der Waals surface area (Å²) in [4.78, 5) is 0. The van der Waals surface area contributed by atoms with Crippen LogP contribution in [0.15, 0.2) is 0 Å². The minimum Gasteiger partial charge on any atom is -0.855 e. The molecule has 0 aliphatic heterocycles. The van der Waals surface area contributed by atoms with Gasteiger partial charge < -0.3 is 26.6 Å². The van der Waals surface area contributed by atoms with Gasteiger partial charge in [0.15, 0.2) is 0 Å². The Hall–Kier alpha value is 0.488. The molecule has 0 heterocycles. The predicted molar refractivity (Wildman–Crippen MR) is 47.2 cm³/mol. The van der Waals surface area contributed by atoms with Crippen LogP contribution in [0.4, 0.5) is 0 Å². The van der Waals surface area contributed by atoms with E-state index in [2.05, 4.69) is 0 Å². The average molecular weight is 392 g/mol. The molecule has 0 rings (SSSR count). The van der Waals surface area contributed by atoms with E-state index in [4.69, 9.17) is 20.4 Å². The second kappa shape index (κ2) is 104. The van der Waals surface area contributed by atoms with Crippen molar-refractivity contribution in [2.75, 3.05) is 26.4 Å². The third-order valence-electron chi connectivity index (χ3n) is 0. The summed E-state index contributed by atoms with van der Waals surface area (Å²) in [6.07, 6.45) is 0. The summed E-state index contributed by atoms with van der Waals surface area (Å²) in [5.74, 6) is 0. The zero-order valence-corrected chi connectivity index (χ0v) is 11.8. The fourth-order valence-electron chi connectivity index (χ4n) is 0. The number of hydrogen-bond donors (Lipinski definition) is 1. The Kier molecular flexibility index (Phi) is 273. The summed E-state index contributed by atoms with van der Waals surface area (Å²) in [7, 11) is 0. The summed E-state index contributed by atoms with van der Waals surface area (Å²) >= 11 is 0. The van der Waals surface area contributed by atoms with Crippen molar-refractivity contribution in [2.45, 2.75) is 27.7 Å². The van der Waals surface area contributed by atoms with Crippen LogP contribution < -0.4 is 26.6 Å². The van der Waals surface area contributed by atoms with Crippen LogP contribution in [0, 0.1) is 0 Å². The Labute approximate surface area is 102 Å². The van der Waals surface area contributed by atoms with Crippen LogP contribution in [0.3, 0.4) is 0 Å². The Morgan fingerprint density at radius 3 is 0.571 bits per heavy atom. The molecule has 0 saturated heterocycles. The fourth-order valence-corrected chi connectivity index (χ4v) is 0. The van der Waals surface area contributed by atoms with E-state index in [1.807, 2.05) is 0 Å². The Morgan fingerprint density at radius 1 is 0.571 bits per heavy atom. The quantitative estimate of drug-likeness (QED) is 0.493. The molecule has 0 aliphatic rings. The zero-order chi connectivity index (χ0) is 10.8. The van der Waals surface area contributed by atoms with Gasteiger partial charge in [0.05, 0.1) is 0 Å². The molecule has 0 radical (unpaired) electrons. The van der Waals surface area contributed by atoms with Gasteiger partial charge in [-0.25, -0.2) is 0 Å². The third kappa shape index (κ3) is 6910. The molecule has 0 bridgehead atoms. The second-order valence-corrected chi connectivity index (χ2v) is 1.15. The van der Waals surface area contributed by atoms with Crippen molar-refractivity contribution >= 4 is 0 Å². The van der Waals surface area contributed by atoms with E-state index in [1.54, 1.807) is 27.7 Å². The van der Waals surface area contributed by atoms with Gasteiger partial charge in [0, 0.05) is 0 Å². The van der Waals surface area contributed by atoms with Gasteiger partial charge in [-0.15, -0.1) is 26.4 Å². The molecular weight excluding hydrogens is 369 g/mol. The van der Waals surface area contributed by atoms with Crippen molar-refractivity contribution < 1.29 is 41.5 Å². The Morgan fingerprint density at radius 2 is 0.571 bits per heavy atom. The smallest absolute Gasteiger partial charge is 0.855 e. The summed E-state index contributed by atoms with van der Waals surface area (Å²) in [6.45, 7) is 6.28. The second-order valence-electron chi connectivity index (χ2n) is 1.15. The van der Waals surface area contributed by atoms with Crippen molar-refractivity contribution in [2.24, 2.45) is 0 Å². The van der Waals surface area contributed by atoms with E-state index < -0.39 is 0 Å².